The van der Waals surface area contributed by atoms with Gasteiger partial charge in [0.15, 0.2) is 0 Å². The van der Waals surface area contributed by atoms with Crippen molar-refractivity contribution in [3.05, 3.63) is 71.3 Å². The van der Waals surface area contributed by atoms with Crippen molar-refractivity contribution >= 4 is 33.4 Å². The molecule has 0 saturated carbocycles. The first-order valence-electron chi connectivity index (χ1n) is 7.88. The summed E-state index contributed by atoms with van der Waals surface area (Å²) in [5.74, 6) is 0.205. The van der Waals surface area contributed by atoms with Gasteiger partial charge in [-0.3, -0.25) is 9.59 Å². The average molecular weight is 396 g/mol. The molecule has 0 saturated heterocycles. The molecule has 4 nitrogen and oxygen atoms in total. The maximum absolute atomic E-state index is 12.8. The quantitative estimate of drug-likeness (QED) is 0.503. The van der Waals surface area contributed by atoms with Crippen LogP contribution in [0.25, 0.3) is 0 Å². The summed E-state index contributed by atoms with van der Waals surface area (Å²) in [6.45, 7) is 0.992. The average Bonchev–Trinajstić information content (AvgIpc) is 2.64. The zero-order chi connectivity index (χ0) is 18.8. The molecule has 0 aliphatic rings. The Morgan fingerprint density at radius 2 is 1.04 bits per heavy atom. The summed E-state index contributed by atoms with van der Waals surface area (Å²) in [5.41, 5.74) is 0.847. The molecule has 2 N–H and O–H groups in total. The van der Waals surface area contributed by atoms with E-state index >= 15 is 0 Å². The summed E-state index contributed by atoms with van der Waals surface area (Å²) in [4.78, 5) is 23.6. The molecule has 0 aliphatic heterocycles. The minimum absolute atomic E-state index is 0.234. The van der Waals surface area contributed by atoms with Crippen molar-refractivity contribution in [3.63, 3.8) is 0 Å². The van der Waals surface area contributed by atoms with Crippen molar-refractivity contribution in [2.75, 3.05) is 24.6 Å². The van der Waals surface area contributed by atoms with Gasteiger partial charge in [-0.2, -0.15) is 0 Å². The third-order valence-electron chi connectivity index (χ3n) is 3.24. The third kappa shape index (κ3) is 7.05. The molecule has 0 radical (unpaired) electrons. The van der Waals surface area contributed by atoms with Crippen LogP contribution in [0.3, 0.4) is 0 Å². The fourth-order valence-corrected chi connectivity index (χ4v) is 3.75. The zero-order valence-corrected chi connectivity index (χ0v) is 15.5. The van der Waals surface area contributed by atoms with Gasteiger partial charge in [-0.05, 0) is 48.5 Å². The summed E-state index contributed by atoms with van der Waals surface area (Å²) >= 11 is 0. The fourth-order valence-electron chi connectivity index (χ4n) is 1.94. The molecule has 0 heterocycles. The number of amides is 2. The van der Waals surface area contributed by atoms with Gasteiger partial charge in [0, 0.05) is 35.7 Å². The highest BCUT2D eigenvalue weighted by atomic mass is 33.1. The second-order valence-corrected chi connectivity index (χ2v) is 7.87. The fraction of sp³-hybridized carbons (Fsp3) is 0.222. The molecule has 0 aromatic heterocycles. The van der Waals surface area contributed by atoms with Crippen molar-refractivity contribution in [2.45, 2.75) is 0 Å². The Morgan fingerprint density at radius 1 is 0.692 bits per heavy atom. The number of halogens is 2. The standard InChI is InChI=1S/C18H18F2N2O2S2/c19-15-5-1-13(2-6-15)17(23)21-9-11-25-26-12-10-22-18(24)14-3-7-16(20)8-4-14/h1-8H,9-12H2,(H,21,23)(H,22,24). The van der Waals surface area contributed by atoms with E-state index in [0.29, 0.717) is 35.7 Å². The topological polar surface area (TPSA) is 58.2 Å². The summed E-state index contributed by atoms with van der Waals surface area (Å²) < 4.78 is 25.6. The molecule has 2 aromatic carbocycles. The minimum atomic E-state index is -0.375. The van der Waals surface area contributed by atoms with Crippen LogP contribution in [-0.2, 0) is 0 Å². The number of hydrogen-bond acceptors (Lipinski definition) is 4. The van der Waals surface area contributed by atoms with E-state index in [1.165, 1.54) is 48.5 Å². The Labute approximate surface area is 158 Å². The van der Waals surface area contributed by atoms with Gasteiger partial charge < -0.3 is 10.6 Å². The second-order valence-electron chi connectivity index (χ2n) is 5.17. The number of carbonyl (C=O) groups is 2. The summed E-state index contributed by atoms with van der Waals surface area (Å²) in [6.07, 6.45) is 0. The van der Waals surface area contributed by atoms with Crippen LogP contribution in [0.15, 0.2) is 48.5 Å². The lowest BCUT2D eigenvalue weighted by atomic mass is 10.2. The Balaban J connectivity index is 1.51. The molecular weight excluding hydrogens is 378 g/mol. The van der Waals surface area contributed by atoms with Crippen LogP contribution in [0.2, 0.25) is 0 Å². The van der Waals surface area contributed by atoms with E-state index in [2.05, 4.69) is 10.6 Å². The molecule has 0 aliphatic carbocycles. The molecule has 0 atom stereocenters. The van der Waals surface area contributed by atoms with Gasteiger partial charge in [-0.1, -0.05) is 21.6 Å². The monoisotopic (exact) mass is 396 g/mol. The lowest BCUT2D eigenvalue weighted by molar-refractivity contribution is 0.0948. The van der Waals surface area contributed by atoms with Crippen molar-refractivity contribution in [1.29, 1.82) is 0 Å². The van der Waals surface area contributed by atoms with E-state index in [1.54, 1.807) is 21.6 Å². The first-order chi connectivity index (χ1) is 12.6. The van der Waals surface area contributed by atoms with Gasteiger partial charge in [0.1, 0.15) is 11.6 Å². The molecule has 2 rings (SSSR count). The molecule has 2 aromatic rings. The van der Waals surface area contributed by atoms with Gasteiger partial charge in [0.2, 0.25) is 0 Å². The lowest BCUT2D eigenvalue weighted by Crippen LogP contribution is -2.26. The van der Waals surface area contributed by atoms with Gasteiger partial charge in [-0.25, -0.2) is 8.78 Å². The summed E-state index contributed by atoms with van der Waals surface area (Å²) in [7, 11) is 3.17. The highest BCUT2D eigenvalue weighted by Gasteiger charge is 2.06. The number of hydrogen-bond donors (Lipinski definition) is 2. The van der Waals surface area contributed by atoms with Crippen LogP contribution in [0.4, 0.5) is 8.78 Å². The number of rotatable bonds is 9. The molecule has 0 unspecified atom stereocenters. The number of benzene rings is 2. The third-order valence-corrected chi connectivity index (χ3v) is 5.65. The normalized spacial score (nSPS) is 10.4. The van der Waals surface area contributed by atoms with E-state index in [0.717, 1.165) is 0 Å². The molecule has 0 bridgehead atoms. The van der Waals surface area contributed by atoms with Crippen molar-refractivity contribution in [2.24, 2.45) is 0 Å². The molecule has 2 amide bonds. The highest BCUT2D eigenvalue weighted by molar-refractivity contribution is 8.76. The Kier molecular flexibility index (Phi) is 8.43. The van der Waals surface area contributed by atoms with Gasteiger partial charge in [-0.15, -0.1) is 0 Å². The van der Waals surface area contributed by atoms with Crippen LogP contribution in [0.1, 0.15) is 20.7 Å². The minimum Gasteiger partial charge on any atom is -0.351 e. The predicted octanol–water partition coefficient (Wildman–Crippen LogP) is 3.51. The maximum Gasteiger partial charge on any atom is 0.251 e. The molecule has 0 fully saturated rings. The maximum atomic E-state index is 12.8. The first kappa shape index (κ1) is 20.3. The number of carbonyl (C=O) groups excluding carboxylic acids is 2. The Hall–Kier alpha value is -2.06. The van der Waals surface area contributed by atoms with Gasteiger partial charge in [0.05, 0.1) is 0 Å². The summed E-state index contributed by atoms with van der Waals surface area (Å²) in [5, 5.41) is 5.52. The molecule has 8 heteroatoms. The van der Waals surface area contributed by atoms with Gasteiger partial charge >= 0.3 is 0 Å². The van der Waals surface area contributed by atoms with Crippen LogP contribution >= 0.6 is 21.6 Å². The Bertz CT molecular complexity index is 661. The van der Waals surface area contributed by atoms with Gasteiger partial charge in [0.25, 0.3) is 11.8 Å². The van der Waals surface area contributed by atoms with Crippen LogP contribution < -0.4 is 10.6 Å². The van der Waals surface area contributed by atoms with E-state index in [1.807, 2.05) is 0 Å². The van der Waals surface area contributed by atoms with E-state index in [-0.39, 0.29) is 23.4 Å². The first-order valence-corrected chi connectivity index (χ1v) is 10.4. The van der Waals surface area contributed by atoms with Crippen molar-refractivity contribution < 1.29 is 18.4 Å². The van der Waals surface area contributed by atoms with E-state index in [9.17, 15) is 18.4 Å². The van der Waals surface area contributed by atoms with Crippen LogP contribution in [0.5, 0.6) is 0 Å². The largest absolute Gasteiger partial charge is 0.351 e. The molecule has 26 heavy (non-hydrogen) atoms. The SMILES string of the molecule is O=C(NCCSSCCNC(=O)c1ccc(F)cc1)c1ccc(F)cc1. The predicted molar refractivity (Wildman–Crippen MR) is 102 cm³/mol. The van der Waals surface area contributed by atoms with Crippen LogP contribution in [-0.4, -0.2) is 36.4 Å². The van der Waals surface area contributed by atoms with E-state index < -0.39 is 0 Å². The molecule has 138 valence electrons. The zero-order valence-electron chi connectivity index (χ0n) is 13.8. The van der Waals surface area contributed by atoms with Crippen LogP contribution in [0, 0.1) is 11.6 Å². The van der Waals surface area contributed by atoms with E-state index in [4.69, 9.17) is 0 Å². The second kappa shape index (κ2) is 10.8. The van der Waals surface area contributed by atoms with Crippen molar-refractivity contribution in [3.8, 4) is 0 Å². The lowest BCUT2D eigenvalue weighted by Gasteiger charge is -2.06. The smallest absolute Gasteiger partial charge is 0.251 e. The number of nitrogens with one attached hydrogen (secondary N) is 2. The molecule has 0 spiro atoms. The summed E-state index contributed by atoms with van der Waals surface area (Å²) in [6, 6.07) is 10.8. The van der Waals surface area contributed by atoms with Crippen molar-refractivity contribution in [1.82, 2.24) is 10.6 Å². The Morgan fingerprint density at radius 3 is 1.38 bits per heavy atom. The molecular formula is C18H18F2N2O2S2. The highest BCUT2D eigenvalue weighted by Crippen LogP contribution is 2.19.